The van der Waals surface area contributed by atoms with Crippen molar-refractivity contribution in [3.05, 3.63) is 34.1 Å². The number of rotatable bonds is 2. The third-order valence-electron chi connectivity index (χ3n) is 4.05. The molecule has 2 nitrogen and oxygen atoms in total. The van der Waals surface area contributed by atoms with E-state index in [0.717, 1.165) is 19.3 Å². The van der Waals surface area contributed by atoms with Gasteiger partial charge in [0.1, 0.15) is 5.82 Å². The number of hydrogen-bond acceptors (Lipinski definition) is 1. The molecule has 19 heavy (non-hydrogen) atoms. The van der Waals surface area contributed by atoms with Gasteiger partial charge in [0.2, 0.25) is 0 Å². The molecule has 0 bridgehead atoms. The lowest BCUT2D eigenvalue weighted by Crippen LogP contribution is -2.42. The first-order valence-corrected chi connectivity index (χ1v) is 7.52. The predicted molar refractivity (Wildman–Crippen MR) is 77.6 cm³/mol. The molecule has 1 aliphatic rings. The van der Waals surface area contributed by atoms with Crippen molar-refractivity contribution in [2.45, 2.75) is 38.6 Å². The molecule has 1 saturated carbocycles. The molecule has 2 atom stereocenters. The van der Waals surface area contributed by atoms with Gasteiger partial charge in [-0.2, -0.15) is 0 Å². The van der Waals surface area contributed by atoms with Crippen LogP contribution in [0.5, 0.6) is 0 Å². The largest absolute Gasteiger partial charge is 0.338 e. The van der Waals surface area contributed by atoms with Crippen LogP contribution in [0.25, 0.3) is 0 Å². The molecular formula is C15H19BrFNO. The number of halogens is 2. The lowest BCUT2D eigenvalue weighted by molar-refractivity contribution is 0.0624. The van der Waals surface area contributed by atoms with Crippen LogP contribution < -0.4 is 0 Å². The van der Waals surface area contributed by atoms with Gasteiger partial charge in [0.15, 0.2) is 0 Å². The van der Waals surface area contributed by atoms with Gasteiger partial charge in [0, 0.05) is 17.6 Å². The molecule has 2 unspecified atom stereocenters. The molecule has 0 aromatic heterocycles. The lowest BCUT2D eigenvalue weighted by Gasteiger charge is -2.36. The Balaban J connectivity index is 2.18. The Morgan fingerprint density at radius 2 is 2.05 bits per heavy atom. The Hall–Kier alpha value is -0.900. The summed E-state index contributed by atoms with van der Waals surface area (Å²) in [6, 6.07) is 4.82. The quantitative estimate of drug-likeness (QED) is 0.795. The van der Waals surface area contributed by atoms with Crippen LogP contribution in [0.2, 0.25) is 0 Å². The summed E-state index contributed by atoms with van der Waals surface area (Å²) < 4.78 is 14.5. The molecule has 0 N–H and O–H groups in total. The van der Waals surface area contributed by atoms with Crippen molar-refractivity contribution in [2.24, 2.45) is 5.92 Å². The number of nitrogens with zero attached hydrogens (tertiary/aromatic N) is 1. The van der Waals surface area contributed by atoms with Crippen LogP contribution in [0, 0.1) is 11.7 Å². The molecule has 0 heterocycles. The number of amides is 1. The van der Waals surface area contributed by atoms with Crippen molar-refractivity contribution in [3.63, 3.8) is 0 Å². The summed E-state index contributed by atoms with van der Waals surface area (Å²) in [5.74, 6) is -0.195. The molecule has 0 saturated heterocycles. The molecule has 2 rings (SSSR count). The van der Waals surface area contributed by atoms with Gasteiger partial charge in [-0.3, -0.25) is 4.79 Å². The maximum absolute atomic E-state index is 13.8. The molecular weight excluding hydrogens is 309 g/mol. The Bertz CT molecular complexity index is 477. The van der Waals surface area contributed by atoms with Gasteiger partial charge < -0.3 is 4.90 Å². The molecule has 1 aromatic rings. The molecule has 0 aliphatic heterocycles. The molecule has 1 fully saturated rings. The van der Waals surface area contributed by atoms with Crippen LogP contribution in [0.1, 0.15) is 43.0 Å². The number of benzene rings is 1. The van der Waals surface area contributed by atoms with E-state index in [1.807, 2.05) is 0 Å². The van der Waals surface area contributed by atoms with Crippen molar-refractivity contribution in [2.75, 3.05) is 7.05 Å². The van der Waals surface area contributed by atoms with E-state index in [0.29, 0.717) is 10.4 Å². The Morgan fingerprint density at radius 3 is 2.68 bits per heavy atom. The minimum absolute atomic E-state index is 0.156. The third kappa shape index (κ3) is 3.16. The maximum atomic E-state index is 13.8. The summed E-state index contributed by atoms with van der Waals surface area (Å²) in [7, 11) is 1.79. The average Bonchev–Trinajstić information content (AvgIpc) is 2.38. The summed E-state index contributed by atoms with van der Waals surface area (Å²) in [6.45, 7) is 2.17. The first-order valence-electron chi connectivity index (χ1n) is 6.73. The smallest absolute Gasteiger partial charge is 0.256 e. The SMILES string of the molecule is CC1CCCCC1N(C)C(=O)c1ccc(Br)cc1F. The Kier molecular flexibility index (Phi) is 4.61. The zero-order chi connectivity index (χ0) is 14.0. The van der Waals surface area contributed by atoms with Gasteiger partial charge in [-0.15, -0.1) is 0 Å². The highest BCUT2D eigenvalue weighted by molar-refractivity contribution is 9.10. The fraction of sp³-hybridized carbons (Fsp3) is 0.533. The van der Waals surface area contributed by atoms with E-state index >= 15 is 0 Å². The second-order valence-electron chi connectivity index (χ2n) is 5.37. The van der Waals surface area contributed by atoms with E-state index in [9.17, 15) is 9.18 Å². The van der Waals surface area contributed by atoms with Gasteiger partial charge in [0.25, 0.3) is 5.91 Å². The minimum Gasteiger partial charge on any atom is -0.338 e. The fourth-order valence-electron chi connectivity index (χ4n) is 2.88. The molecule has 1 amide bonds. The van der Waals surface area contributed by atoms with E-state index in [2.05, 4.69) is 22.9 Å². The summed E-state index contributed by atoms with van der Waals surface area (Å²) in [5.41, 5.74) is 0.156. The third-order valence-corrected chi connectivity index (χ3v) is 4.54. The van der Waals surface area contributed by atoms with Gasteiger partial charge >= 0.3 is 0 Å². The standard InChI is InChI=1S/C15H19BrFNO/c1-10-5-3-4-6-14(10)18(2)15(19)12-8-7-11(16)9-13(12)17/h7-10,14H,3-6H2,1-2H3. The Morgan fingerprint density at radius 1 is 1.37 bits per heavy atom. The monoisotopic (exact) mass is 327 g/mol. The molecule has 4 heteroatoms. The van der Waals surface area contributed by atoms with Crippen LogP contribution in [-0.4, -0.2) is 23.9 Å². The van der Waals surface area contributed by atoms with Crippen molar-refractivity contribution < 1.29 is 9.18 Å². The highest BCUT2D eigenvalue weighted by atomic mass is 79.9. The van der Waals surface area contributed by atoms with Crippen LogP contribution in [0.15, 0.2) is 22.7 Å². The fourth-order valence-corrected chi connectivity index (χ4v) is 3.21. The normalized spacial score (nSPS) is 23.2. The van der Waals surface area contributed by atoms with Crippen molar-refractivity contribution >= 4 is 21.8 Å². The topological polar surface area (TPSA) is 20.3 Å². The van der Waals surface area contributed by atoms with Gasteiger partial charge in [0.05, 0.1) is 5.56 Å². The van der Waals surface area contributed by atoms with E-state index in [4.69, 9.17) is 0 Å². The second-order valence-corrected chi connectivity index (χ2v) is 6.28. The first-order chi connectivity index (χ1) is 9.00. The van der Waals surface area contributed by atoms with Crippen molar-refractivity contribution in [1.82, 2.24) is 4.90 Å². The number of carbonyl (C=O) groups is 1. The summed E-state index contributed by atoms with van der Waals surface area (Å²) in [4.78, 5) is 14.1. The first kappa shape index (κ1) is 14.5. The summed E-state index contributed by atoms with van der Waals surface area (Å²) in [5, 5.41) is 0. The van der Waals surface area contributed by atoms with Gasteiger partial charge in [-0.25, -0.2) is 4.39 Å². The van der Waals surface area contributed by atoms with Crippen molar-refractivity contribution in [3.8, 4) is 0 Å². The molecule has 1 aromatic carbocycles. The summed E-state index contributed by atoms with van der Waals surface area (Å²) in [6.07, 6.45) is 4.54. The summed E-state index contributed by atoms with van der Waals surface area (Å²) >= 11 is 3.20. The highest BCUT2D eigenvalue weighted by Crippen LogP contribution is 2.28. The van der Waals surface area contributed by atoms with Crippen LogP contribution in [-0.2, 0) is 0 Å². The lowest BCUT2D eigenvalue weighted by atomic mass is 9.85. The molecule has 0 spiro atoms. The van der Waals surface area contributed by atoms with E-state index in [1.54, 1.807) is 24.1 Å². The van der Waals surface area contributed by atoms with Crippen LogP contribution in [0.3, 0.4) is 0 Å². The zero-order valence-electron chi connectivity index (χ0n) is 11.3. The molecule has 104 valence electrons. The highest BCUT2D eigenvalue weighted by Gasteiger charge is 2.29. The van der Waals surface area contributed by atoms with Gasteiger partial charge in [-0.05, 0) is 37.0 Å². The van der Waals surface area contributed by atoms with Crippen LogP contribution in [0.4, 0.5) is 4.39 Å². The number of hydrogen-bond donors (Lipinski definition) is 0. The van der Waals surface area contributed by atoms with Crippen molar-refractivity contribution in [1.29, 1.82) is 0 Å². The molecule has 0 radical (unpaired) electrons. The van der Waals surface area contributed by atoms with E-state index in [1.165, 1.54) is 12.5 Å². The second kappa shape index (κ2) is 6.04. The minimum atomic E-state index is -0.463. The van der Waals surface area contributed by atoms with E-state index < -0.39 is 5.82 Å². The van der Waals surface area contributed by atoms with Crippen LogP contribution >= 0.6 is 15.9 Å². The molecule has 1 aliphatic carbocycles. The van der Waals surface area contributed by atoms with Gasteiger partial charge in [-0.1, -0.05) is 35.7 Å². The maximum Gasteiger partial charge on any atom is 0.256 e. The Labute approximate surface area is 122 Å². The average molecular weight is 328 g/mol. The number of carbonyl (C=O) groups excluding carboxylic acids is 1. The predicted octanol–water partition coefficient (Wildman–Crippen LogP) is 4.24. The van der Waals surface area contributed by atoms with E-state index in [-0.39, 0.29) is 17.5 Å². The zero-order valence-corrected chi connectivity index (χ0v) is 12.9.